The van der Waals surface area contributed by atoms with Gasteiger partial charge in [0.25, 0.3) is 5.69 Å². The van der Waals surface area contributed by atoms with Crippen LogP contribution in [0.3, 0.4) is 0 Å². The van der Waals surface area contributed by atoms with Gasteiger partial charge in [-0.25, -0.2) is 9.59 Å². The number of nitro groups is 1. The van der Waals surface area contributed by atoms with E-state index in [1.807, 2.05) is 26.0 Å². The summed E-state index contributed by atoms with van der Waals surface area (Å²) in [5.41, 5.74) is 2.54. The SMILES string of the molecule is CCOC(=O)C1=C(COC(C)c2cccnc2)NC(COC(C)c2cccnc2)=C(C(=O)OCC)C1c1cccc([N+](=O)[O-])c1. The highest BCUT2D eigenvalue weighted by Gasteiger charge is 2.40. The largest absolute Gasteiger partial charge is 0.463 e. The van der Waals surface area contributed by atoms with Gasteiger partial charge >= 0.3 is 11.9 Å². The van der Waals surface area contributed by atoms with Gasteiger partial charge in [0.1, 0.15) is 0 Å². The summed E-state index contributed by atoms with van der Waals surface area (Å²) >= 11 is 0. The number of nitrogens with zero attached hydrogens (tertiary/aromatic N) is 3. The molecule has 236 valence electrons. The van der Waals surface area contributed by atoms with Crippen LogP contribution < -0.4 is 5.32 Å². The van der Waals surface area contributed by atoms with Crippen LogP contribution in [-0.2, 0) is 28.5 Å². The molecule has 3 aromatic rings. The van der Waals surface area contributed by atoms with Gasteiger partial charge in [-0.05, 0) is 56.5 Å². The van der Waals surface area contributed by atoms with Crippen molar-refractivity contribution < 1.29 is 33.5 Å². The van der Waals surface area contributed by atoms with E-state index in [1.54, 1.807) is 56.8 Å². The minimum atomic E-state index is -1.09. The standard InChI is InChI=1S/C33H36N4O8/c1-5-42-32(38)30-27(19-44-21(3)24-11-8-14-34-17-24)36-28(20-45-22(4)25-12-9-15-35-18-25)31(33(39)43-6-2)29(30)23-10-7-13-26(16-23)37(40)41/h7-18,21-22,29,36H,5-6,19-20H2,1-4H3. The molecule has 0 spiro atoms. The van der Waals surface area contributed by atoms with Gasteiger partial charge in [-0.1, -0.05) is 24.3 Å². The molecule has 0 radical (unpaired) electrons. The Hall–Kier alpha value is -4.94. The Balaban J connectivity index is 1.85. The van der Waals surface area contributed by atoms with Gasteiger partial charge in [-0.3, -0.25) is 20.1 Å². The lowest BCUT2D eigenvalue weighted by Gasteiger charge is -2.33. The Labute approximate surface area is 261 Å². The van der Waals surface area contributed by atoms with Gasteiger partial charge < -0.3 is 24.3 Å². The topological polar surface area (TPSA) is 152 Å². The van der Waals surface area contributed by atoms with Crippen LogP contribution >= 0.6 is 0 Å². The van der Waals surface area contributed by atoms with E-state index in [2.05, 4.69) is 15.3 Å². The highest BCUT2D eigenvalue weighted by atomic mass is 16.6. The predicted octanol–water partition coefficient (Wildman–Crippen LogP) is 5.26. The first-order valence-corrected chi connectivity index (χ1v) is 14.6. The first-order chi connectivity index (χ1) is 21.7. The van der Waals surface area contributed by atoms with E-state index in [0.717, 1.165) is 11.1 Å². The third-order valence-corrected chi connectivity index (χ3v) is 7.20. The summed E-state index contributed by atoms with van der Waals surface area (Å²) in [5.74, 6) is -2.51. The second-order valence-corrected chi connectivity index (χ2v) is 10.1. The van der Waals surface area contributed by atoms with Crippen LogP contribution in [-0.4, -0.2) is 53.3 Å². The molecule has 1 aromatic carbocycles. The van der Waals surface area contributed by atoms with Crippen LogP contribution in [0.25, 0.3) is 0 Å². The number of nitrogens with one attached hydrogen (secondary N) is 1. The quantitative estimate of drug-likeness (QED) is 0.143. The number of pyridine rings is 2. The highest BCUT2D eigenvalue weighted by Crippen LogP contribution is 2.41. The molecule has 0 amide bonds. The van der Waals surface area contributed by atoms with E-state index in [0.29, 0.717) is 17.0 Å². The van der Waals surface area contributed by atoms with E-state index in [4.69, 9.17) is 18.9 Å². The number of nitro benzene ring substituents is 1. The molecule has 3 heterocycles. The average molecular weight is 617 g/mol. The van der Waals surface area contributed by atoms with Crippen molar-refractivity contribution in [3.05, 3.63) is 123 Å². The van der Waals surface area contributed by atoms with Crippen molar-refractivity contribution in [2.75, 3.05) is 26.4 Å². The van der Waals surface area contributed by atoms with Crippen molar-refractivity contribution in [1.82, 2.24) is 15.3 Å². The normalized spacial score (nSPS) is 16.0. The number of hydrogen-bond donors (Lipinski definition) is 1. The molecule has 1 aliphatic heterocycles. The van der Waals surface area contributed by atoms with Crippen LogP contribution in [0.1, 0.15) is 62.5 Å². The van der Waals surface area contributed by atoms with Crippen LogP contribution in [0.2, 0.25) is 0 Å². The second-order valence-electron chi connectivity index (χ2n) is 10.1. The fraction of sp³-hybridized carbons (Fsp3) is 0.333. The zero-order valence-electron chi connectivity index (χ0n) is 25.6. The fourth-order valence-corrected chi connectivity index (χ4v) is 4.93. The van der Waals surface area contributed by atoms with Crippen molar-refractivity contribution in [1.29, 1.82) is 0 Å². The summed E-state index contributed by atoms with van der Waals surface area (Å²) in [7, 11) is 0. The van der Waals surface area contributed by atoms with E-state index in [9.17, 15) is 19.7 Å². The van der Waals surface area contributed by atoms with Crippen LogP contribution in [0.5, 0.6) is 0 Å². The van der Waals surface area contributed by atoms with Gasteiger partial charge in [0.2, 0.25) is 0 Å². The van der Waals surface area contributed by atoms with Gasteiger partial charge in [-0.15, -0.1) is 0 Å². The number of hydrogen-bond acceptors (Lipinski definition) is 11. The summed E-state index contributed by atoms with van der Waals surface area (Å²) < 4.78 is 23.3. The predicted molar refractivity (Wildman–Crippen MR) is 163 cm³/mol. The van der Waals surface area contributed by atoms with Crippen molar-refractivity contribution >= 4 is 17.6 Å². The van der Waals surface area contributed by atoms with E-state index in [-0.39, 0.29) is 43.3 Å². The Morgan fingerprint density at radius 3 is 1.78 bits per heavy atom. The number of carbonyl (C=O) groups excluding carboxylic acids is 2. The molecular formula is C33H36N4O8. The van der Waals surface area contributed by atoms with E-state index >= 15 is 0 Å². The number of aromatic nitrogens is 2. The Kier molecular flexibility index (Phi) is 11.5. The number of non-ortho nitro benzene ring substituents is 1. The van der Waals surface area contributed by atoms with Crippen molar-refractivity contribution in [2.45, 2.75) is 45.8 Å². The molecule has 2 aromatic heterocycles. The molecule has 45 heavy (non-hydrogen) atoms. The lowest BCUT2D eigenvalue weighted by atomic mass is 9.80. The Morgan fingerprint density at radius 1 is 0.844 bits per heavy atom. The molecule has 12 heteroatoms. The number of benzene rings is 1. The summed E-state index contributed by atoms with van der Waals surface area (Å²) in [6.07, 6.45) is 5.86. The monoisotopic (exact) mass is 616 g/mol. The van der Waals surface area contributed by atoms with Crippen molar-refractivity contribution in [2.24, 2.45) is 0 Å². The minimum absolute atomic E-state index is 0.0568. The molecule has 0 bridgehead atoms. The lowest BCUT2D eigenvalue weighted by Crippen LogP contribution is -2.37. The number of dihydropyridines is 1. The average Bonchev–Trinajstić information content (AvgIpc) is 3.06. The zero-order chi connectivity index (χ0) is 32.3. The molecule has 0 saturated carbocycles. The summed E-state index contributed by atoms with van der Waals surface area (Å²) in [5, 5.41) is 15.0. The minimum Gasteiger partial charge on any atom is -0.463 e. The van der Waals surface area contributed by atoms with Crippen molar-refractivity contribution in [3.8, 4) is 0 Å². The highest BCUT2D eigenvalue weighted by molar-refractivity contribution is 6.00. The molecule has 4 rings (SSSR count). The molecule has 2 unspecified atom stereocenters. The maximum absolute atomic E-state index is 13.7. The Bertz CT molecular complexity index is 1470. The maximum Gasteiger partial charge on any atom is 0.336 e. The fourth-order valence-electron chi connectivity index (χ4n) is 4.93. The van der Waals surface area contributed by atoms with Crippen LogP contribution in [0.4, 0.5) is 5.69 Å². The summed E-state index contributed by atoms with van der Waals surface area (Å²) in [6.45, 7) is 6.96. The van der Waals surface area contributed by atoms with Gasteiger partial charge in [0, 0.05) is 36.9 Å². The third-order valence-electron chi connectivity index (χ3n) is 7.20. The molecule has 0 fully saturated rings. The molecule has 0 aliphatic carbocycles. The van der Waals surface area contributed by atoms with Gasteiger partial charge in [-0.2, -0.15) is 0 Å². The zero-order valence-corrected chi connectivity index (χ0v) is 25.6. The molecule has 1 aliphatic rings. The lowest BCUT2D eigenvalue weighted by molar-refractivity contribution is -0.384. The smallest absolute Gasteiger partial charge is 0.336 e. The van der Waals surface area contributed by atoms with Crippen LogP contribution in [0.15, 0.2) is 95.9 Å². The summed E-state index contributed by atoms with van der Waals surface area (Å²) in [4.78, 5) is 46.9. The van der Waals surface area contributed by atoms with Gasteiger partial charge in [0.15, 0.2) is 0 Å². The van der Waals surface area contributed by atoms with E-state index < -0.39 is 35.0 Å². The number of ether oxygens (including phenoxy) is 4. The molecule has 0 saturated heterocycles. The first kappa shape index (κ1) is 33.0. The molecule has 12 nitrogen and oxygen atoms in total. The van der Waals surface area contributed by atoms with E-state index in [1.165, 1.54) is 18.2 Å². The number of rotatable bonds is 14. The molecule has 2 atom stereocenters. The summed E-state index contributed by atoms with van der Waals surface area (Å²) in [6, 6.07) is 13.1. The molecular weight excluding hydrogens is 580 g/mol. The first-order valence-electron chi connectivity index (χ1n) is 14.6. The Morgan fingerprint density at radius 2 is 1.36 bits per heavy atom. The maximum atomic E-state index is 13.7. The van der Waals surface area contributed by atoms with Crippen LogP contribution in [0, 0.1) is 10.1 Å². The second kappa shape index (κ2) is 15.7. The number of esters is 2. The third kappa shape index (κ3) is 8.16. The number of carbonyl (C=O) groups is 2. The van der Waals surface area contributed by atoms with Gasteiger partial charge in [0.05, 0.1) is 72.0 Å². The molecule has 1 N–H and O–H groups in total. The van der Waals surface area contributed by atoms with Crippen molar-refractivity contribution in [3.63, 3.8) is 0 Å².